The summed E-state index contributed by atoms with van der Waals surface area (Å²) < 4.78 is 7.10. The van der Waals surface area contributed by atoms with Gasteiger partial charge in [-0.15, -0.1) is 11.3 Å². The van der Waals surface area contributed by atoms with Crippen molar-refractivity contribution in [2.75, 3.05) is 20.1 Å². The molecule has 0 radical (unpaired) electrons. The number of thiazole rings is 1. The fourth-order valence-corrected chi connectivity index (χ4v) is 9.80. The van der Waals surface area contributed by atoms with Gasteiger partial charge in [0.25, 0.3) is 0 Å². The molecule has 1 aliphatic rings. The minimum absolute atomic E-state index is 0.0120. The molecule has 0 bridgehead atoms. The van der Waals surface area contributed by atoms with E-state index in [1.54, 1.807) is 11.3 Å². The summed E-state index contributed by atoms with van der Waals surface area (Å²) in [6.07, 6.45) is 4.42. The minimum atomic E-state index is -1.92. The number of piperidine rings is 1. The van der Waals surface area contributed by atoms with Crippen LogP contribution in [0.4, 0.5) is 0 Å². The van der Waals surface area contributed by atoms with E-state index in [1.807, 2.05) is 18.9 Å². The van der Waals surface area contributed by atoms with Gasteiger partial charge in [-0.25, -0.2) is 4.98 Å². The molecule has 5 atom stereocenters. The number of amides is 2. The van der Waals surface area contributed by atoms with E-state index < -0.39 is 14.4 Å². The number of aryl methyl sites for hydroxylation is 1. The van der Waals surface area contributed by atoms with Crippen LogP contribution < -0.4 is 5.32 Å². The molecule has 0 saturated carbocycles. The molecule has 0 spiro atoms. The lowest BCUT2D eigenvalue weighted by Crippen LogP contribution is -2.58. The normalized spacial score (nSPS) is 19.7. The molecule has 0 unspecified atom stereocenters. The number of hydrogen-bond donors (Lipinski definition) is 1. The molecule has 40 heavy (non-hydrogen) atoms. The summed E-state index contributed by atoms with van der Waals surface area (Å²) in [5.41, 5.74) is 1.02. The number of nitrogens with one attached hydrogen (secondary N) is 1. The van der Waals surface area contributed by atoms with E-state index in [-0.39, 0.29) is 41.8 Å². The lowest BCUT2D eigenvalue weighted by atomic mass is 9.92. The number of likely N-dealkylation sites (tertiary alicyclic amines) is 1. The van der Waals surface area contributed by atoms with Gasteiger partial charge in [0.1, 0.15) is 11.0 Å². The second kappa shape index (κ2) is 16.4. The van der Waals surface area contributed by atoms with Crippen molar-refractivity contribution in [3.8, 4) is 0 Å². The van der Waals surface area contributed by atoms with Gasteiger partial charge in [-0.1, -0.05) is 61.3 Å². The van der Waals surface area contributed by atoms with E-state index in [0.29, 0.717) is 13.0 Å². The molecule has 1 aliphatic heterocycles. The number of rotatable bonds is 16. The van der Waals surface area contributed by atoms with E-state index in [0.717, 1.165) is 61.1 Å². The predicted molar refractivity (Wildman–Crippen MR) is 170 cm³/mol. The SMILES string of the molecule is CC[C@H](C)[C@H](NC(=O)[C@H]1CCCCN1C)C(=O)N(CC)[C@H](C[C@@H](O[Si](CC)(CC)CC)c1nc(C)cs1)C(C)C. The molecule has 0 aromatic carbocycles. The molecule has 2 heterocycles. The Bertz CT molecular complexity index is 914. The van der Waals surface area contributed by atoms with Gasteiger partial charge < -0.3 is 14.6 Å². The largest absolute Gasteiger partial charge is 0.407 e. The highest BCUT2D eigenvalue weighted by atomic mass is 32.1. The van der Waals surface area contributed by atoms with Crippen LogP contribution >= 0.6 is 11.3 Å². The molecule has 1 saturated heterocycles. The maximum absolute atomic E-state index is 14.3. The minimum Gasteiger partial charge on any atom is -0.407 e. The van der Waals surface area contributed by atoms with E-state index in [9.17, 15) is 9.59 Å². The second-order valence-corrected chi connectivity index (χ2v) is 17.8. The highest BCUT2D eigenvalue weighted by molar-refractivity contribution is 7.09. The summed E-state index contributed by atoms with van der Waals surface area (Å²) in [6, 6.07) is 2.49. The topological polar surface area (TPSA) is 74.8 Å². The molecule has 2 amide bonds. The highest BCUT2D eigenvalue weighted by Crippen LogP contribution is 2.36. The number of carbonyl (C=O) groups is 2. The first-order valence-corrected chi connectivity index (χ1v) is 19.3. The second-order valence-electron chi connectivity index (χ2n) is 12.2. The van der Waals surface area contributed by atoms with Crippen LogP contribution in [-0.2, 0) is 14.0 Å². The fraction of sp³-hybridized carbons (Fsp3) is 0.839. The Morgan fingerprint density at radius 3 is 2.27 bits per heavy atom. The van der Waals surface area contributed by atoms with Crippen molar-refractivity contribution in [2.24, 2.45) is 11.8 Å². The molecule has 230 valence electrons. The quantitative estimate of drug-likeness (QED) is 0.213. The van der Waals surface area contributed by atoms with Crippen LogP contribution in [0.15, 0.2) is 5.38 Å². The monoisotopic (exact) mass is 594 g/mol. The number of hydrogen-bond acceptors (Lipinski definition) is 6. The van der Waals surface area contributed by atoms with Crippen LogP contribution in [0.5, 0.6) is 0 Å². The van der Waals surface area contributed by atoms with Gasteiger partial charge in [0.2, 0.25) is 11.8 Å². The molecule has 7 nitrogen and oxygen atoms in total. The van der Waals surface area contributed by atoms with Crippen molar-refractivity contribution in [3.05, 3.63) is 16.1 Å². The zero-order valence-corrected chi connectivity index (χ0v) is 28.9. The first-order chi connectivity index (χ1) is 19.0. The van der Waals surface area contributed by atoms with Crippen LogP contribution in [0.3, 0.4) is 0 Å². The van der Waals surface area contributed by atoms with Crippen LogP contribution in [0.2, 0.25) is 18.1 Å². The van der Waals surface area contributed by atoms with E-state index in [4.69, 9.17) is 9.41 Å². The maximum atomic E-state index is 14.3. The Hall–Kier alpha value is -1.29. The molecule has 9 heteroatoms. The lowest BCUT2D eigenvalue weighted by molar-refractivity contribution is -0.142. The molecule has 1 fully saturated rings. The third-order valence-electron chi connectivity index (χ3n) is 9.34. The Morgan fingerprint density at radius 2 is 1.80 bits per heavy atom. The summed E-state index contributed by atoms with van der Waals surface area (Å²) in [7, 11) is 0.0978. The van der Waals surface area contributed by atoms with Gasteiger partial charge in [-0.3, -0.25) is 14.5 Å². The number of likely N-dealkylation sites (N-methyl/N-ethyl adjacent to an activating group) is 2. The van der Waals surface area contributed by atoms with Crippen molar-refractivity contribution in [1.29, 1.82) is 0 Å². The Morgan fingerprint density at radius 1 is 1.15 bits per heavy atom. The van der Waals surface area contributed by atoms with Crippen LogP contribution in [-0.4, -0.2) is 73.2 Å². The lowest BCUT2D eigenvalue weighted by Gasteiger charge is -2.41. The molecular formula is C31H58N4O3SSi. The van der Waals surface area contributed by atoms with Gasteiger partial charge in [0, 0.05) is 23.7 Å². The van der Waals surface area contributed by atoms with Gasteiger partial charge >= 0.3 is 0 Å². The van der Waals surface area contributed by atoms with Gasteiger partial charge in [-0.05, 0) is 76.7 Å². The van der Waals surface area contributed by atoms with Gasteiger partial charge in [0.05, 0.1) is 12.1 Å². The number of nitrogens with zero attached hydrogens (tertiary/aromatic N) is 3. The standard InChI is InChI=1S/C31H58N4O3SSi/c1-11-23(8)28(33-29(36)25-18-16-17-19-34(25)10)31(37)35(12-2)26(22(6)7)20-27(30-32-24(9)21-39-30)38-40(13-3,14-4)15-5/h21-23,25-28H,11-20H2,1-10H3,(H,33,36)/t23-,25+,26+,27+,28-/m0/s1. The Balaban J connectivity index is 2.38. The van der Waals surface area contributed by atoms with Crippen LogP contribution in [0.25, 0.3) is 0 Å². The molecule has 0 aliphatic carbocycles. The number of aromatic nitrogens is 1. The summed E-state index contributed by atoms with van der Waals surface area (Å²) in [6.45, 7) is 21.0. The summed E-state index contributed by atoms with van der Waals surface area (Å²) in [5.74, 6) is 0.291. The number of carbonyl (C=O) groups excluding carboxylic acids is 2. The molecular weight excluding hydrogens is 537 g/mol. The highest BCUT2D eigenvalue weighted by Gasteiger charge is 2.40. The van der Waals surface area contributed by atoms with Crippen molar-refractivity contribution < 1.29 is 14.0 Å². The van der Waals surface area contributed by atoms with E-state index >= 15 is 0 Å². The third kappa shape index (κ3) is 8.85. The smallest absolute Gasteiger partial charge is 0.245 e. The van der Waals surface area contributed by atoms with Gasteiger partial charge in [-0.2, -0.15) is 0 Å². The molecule has 1 aromatic rings. The van der Waals surface area contributed by atoms with Gasteiger partial charge in [0.15, 0.2) is 8.32 Å². The van der Waals surface area contributed by atoms with Crippen LogP contribution in [0.1, 0.15) is 104 Å². The Labute approximate surface area is 250 Å². The fourth-order valence-electron chi connectivity index (χ4n) is 6.07. The molecule has 2 rings (SSSR count). The zero-order chi connectivity index (χ0) is 30.0. The van der Waals surface area contributed by atoms with E-state index in [1.165, 1.54) is 0 Å². The van der Waals surface area contributed by atoms with Crippen molar-refractivity contribution in [2.45, 2.75) is 137 Å². The molecule has 1 N–H and O–H groups in total. The van der Waals surface area contributed by atoms with Crippen LogP contribution in [0, 0.1) is 18.8 Å². The average molecular weight is 595 g/mol. The summed E-state index contributed by atoms with van der Waals surface area (Å²) in [5, 5.41) is 6.34. The zero-order valence-electron chi connectivity index (χ0n) is 27.1. The summed E-state index contributed by atoms with van der Waals surface area (Å²) in [4.78, 5) is 36.8. The predicted octanol–water partition coefficient (Wildman–Crippen LogP) is 6.79. The van der Waals surface area contributed by atoms with Crippen molar-refractivity contribution in [1.82, 2.24) is 20.1 Å². The Kier molecular flexibility index (Phi) is 14.3. The molecule has 1 aromatic heterocycles. The first-order valence-electron chi connectivity index (χ1n) is 15.9. The summed E-state index contributed by atoms with van der Waals surface area (Å²) >= 11 is 1.67. The third-order valence-corrected chi connectivity index (χ3v) is 15.0. The van der Waals surface area contributed by atoms with E-state index in [2.05, 4.69) is 71.0 Å². The maximum Gasteiger partial charge on any atom is 0.245 e. The van der Waals surface area contributed by atoms with Crippen molar-refractivity contribution in [3.63, 3.8) is 0 Å². The van der Waals surface area contributed by atoms with Crippen molar-refractivity contribution >= 4 is 31.5 Å². The average Bonchev–Trinajstić information content (AvgIpc) is 3.39. The first kappa shape index (κ1) is 34.9.